The molecule has 10 heteroatoms. The van der Waals surface area contributed by atoms with Gasteiger partial charge in [0.05, 0.1) is 25.0 Å². The number of oxime groups is 1. The Morgan fingerprint density at radius 1 is 1.15 bits per heavy atom. The molecule has 1 aromatic heterocycles. The molecule has 9 nitrogen and oxygen atoms in total. The normalized spacial score (nSPS) is 14.9. The Kier molecular flexibility index (Phi) is 7.59. The molecule has 1 saturated heterocycles. The van der Waals surface area contributed by atoms with Crippen LogP contribution in [-0.4, -0.2) is 53.0 Å². The number of carbonyl (C=O) groups is 1. The molecule has 1 amide bonds. The Labute approximate surface area is 205 Å². The fraction of sp³-hybridized carbons (Fsp3) is 0.333. The van der Waals surface area contributed by atoms with Crippen LogP contribution in [0.25, 0.3) is 10.9 Å². The van der Waals surface area contributed by atoms with Gasteiger partial charge in [-0.1, -0.05) is 21.1 Å². The number of carbonyl (C=O) groups excluding carboxylic acids is 1. The largest absolute Gasteiger partial charge is 0.497 e. The first kappa shape index (κ1) is 23.9. The minimum absolute atomic E-state index is 0.0224. The number of benzene rings is 2. The molecule has 0 radical (unpaired) electrons. The zero-order chi connectivity index (χ0) is 24.1. The van der Waals surface area contributed by atoms with E-state index in [0.29, 0.717) is 17.8 Å². The zero-order valence-corrected chi connectivity index (χ0v) is 20.7. The molecular weight excluding hydrogens is 502 g/mol. The lowest BCUT2D eigenvalue weighted by Gasteiger charge is -2.17. The molecular formula is C24H26BrN5O4. The summed E-state index contributed by atoms with van der Waals surface area (Å²) in [6.45, 7) is 3.93. The summed E-state index contributed by atoms with van der Waals surface area (Å²) in [4.78, 5) is 19.7. The number of hydrogen-bond acceptors (Lipinski definition) is 7. The molecule has 34 heavy (non-hydrogen) atoms. The molecule has 0 aliphatic carbocycles. The number of ether oxygens (including phenoxy) is 1. The van der Waals surface area contributed by atoms with E-state index in [0.717, 1.165) is 47.2 Å². The highest BCUT2D eigenvalue weighted by Gasteiger charge is 2.20. The lowest BCUT2D eigenvalue weighted by atomic mass is 10.1. The number of azo groups is 1. The topological polar surface area (TPSA) is 101 Å². The Hall–Kier alpha value is -3.24. The summed E-state index contributed by atoms with van der Waals surface area (Å²) in [5, 5.41) is 23.4. The van der Waals surface area contributed by atoms with E-state index in [-0.39, 0.29) is 18.2 Å². The average Bonchev–Trinajstić information content (AvgIpc) is 3.44. The van der Waals surface area contributed by atoms with E-state index in [1.807, 2.05) is 42.5 Å². The van der Waals surface area contributed by atoms with Gasteiger partial charge in [0.1, 0.15) is 5.75 Å². The number of methoxy groups -OCH3 is 1. The van der Waals surface area contributed by atoms with Gasteiger partial charge in [-0.15, -0.1) is 10.2 Å². The number of fused-ring (bicyclic) bond motifs is 1. The van der Waals surface area contributed by atoms with Gasteiger partial charge in [0.25, 0.3) is 0 Å². The van der Waals surface area contributed by atoms with Crippen LogP contribution in [0.2, 0.25) is 0 Å². The van der Waals surface area contributed by atoms with Gasteiger partial charge in [-0.2, -0.15) is 0 Å². The molecule has 0 spiro atoms. The van der Waals surface area contributed by atoms with E-state index in [9.17, 15) is 9.90 Å². The molecule has 3 aromatic rings. The van der Waals surface area contributed by atoms with Crippen molar-refractivity contribution in [3.8, 4) is 11.6 Å². The van der Waals surface area contributed by atoms with Gasteiger partial charge in [-0.05, 0) is 80.9 Å². The standard InChI is InChI=1S/C24H26BrN5O4/c1-16(17-5-8-19(33-2)9-6-17)28-34-14-22(31)26-27-23-20-13-18(25)7-10-21(20)30(24(23)32)15-29-11-3-4-12-29/h5-10,13,32H,3-4,11-12,14-15H2,1-2H3. The Balaban J connectivity index is 1.46. The summed E-state index contributed by atoms with van der Waals surface area (Å²) in [6.07, 6.45) is 2.29. The highest BCUT2D eigenvalue weighted by molar-refractivity contribution is 9.10. The second-order valence-corrected chi connectivity index (χ2v) is 8.92. The Morgan fingerprint density at radius 3 is 2.59 bits per heavy atom. The monoisotopic (exact) mass is 527 g/mol. The van der Waals surface area contributed by atoms with Gasteiger partial charge in [0.2, 0.25) is 5.88 Å². The summed E-state index contributed by atoms with van der Waals surface area (Å²) in [6, 6.07) is 13.0. The molecule has 2 aromatic carbocycles. The average molecular weight is 528 g/mol. The maximum absolute atomic E-state index is 12.2. The first-order valence-electron chi connectivity index (χ1n) is 10.9. The smallest absolute Gasteiger partial charge is 0.304 e. The number of amides is 1. The third-order valence-electron chi connectivity index (χ3n) is 5.67. The van der Waals surface area contributed by atoms with Crippen LogP contribution in [0.15, 0.2) is 62.3 Å². The van der Waals surface area contributed by atoms with Crippen LogP contribution in [0.3, 0.4) is 0 Å². The van der Waals surface area contributed by atoms with E-state index < -0.39 is 5.91 Å². The maximum atomic E-state index is 12.2. The number of nitrogens with zero attached hydrogens (tertiary/aromatic N) is 5. The van der Waals surface area contributed by atoms with Crippen molar-refractivity contribution in [2.45, 2.75) is 26.4 Å². The SMILES string of the molecule is COc1ccc(C(C)=NOCC(=O)N=Nc2c(O)n(CN3CCCC3)c3ccc(Br)cc23)cc1. The predicted molar refractivity (Wildman–Crippen MR) is 133 cm³/mol. The van der Waals surface area contributed by atoms with Crippen LogP contribution in [0, 0.1) is 0 Å². The number of halogens is 1. The van der Waals surface area contributed by atoms with Crippen molar-refractivity contribution in [1.82, 2.24) is 9.47 Å². The molecule has 0 bridgehead atoms. The molecule has 1 aliphatic heterocycles. The summed E-state index contributed by atoms with van der Waals surface area (Å²) >= 11 is 3.46. The van der Waals surface area contributed by atoms with Crippen molar-refractivity contribution in [2.75, 3.05) is 26.8 Å². The van der Waals surface area contributed by atoms with Crippen molar-refractivity contribution >= 4 is 44.1 Å². The summed E-state index contributed by atoms with van der Waals surface area (Å²) < 4.78 is 7.78. The van der Waals surface area contributed by atoms with Crippen molar-refractivity contribution in [1.29, 1.82) is 0 Å². The zero-order valence-electron chi connectivity index (χ0n) is 19.1. The predicted octanol–water partition coefficient (Wildman–Crippen LogP) is 5.22. The number of aromatic hydroxyl groups is 1. The lowest BCUT2D eigenvalue weighted by Crippen LogP contribution is -2.22. The van der Waals surface area contributed by atoms with E-state index in [2.05, 4.69) is 36.2 Å². The summed E-state index contributed by atoms with van der Waals surface area (Å²) in [5.74, 6) is 0.108. The molecule has 1 fully saturated rings. The minimum Gasteiger partial charge on any atom is -0.497 e. The fourth-order valence-corrected chi connectivity index (χ4v) is 4.23. The second kappa shape index (κ2) is 10.8. The number of aromatic nitrogens is 1. The highest BCUT2D eigenvalue weighted by atomic mass is 79.9. The van der Waals surface area contributed by atoms with Crippen molar-refractivity contribution in [2.24, 2.45) is 15.4 Å². The number of hydrogen-bond donors (Lipinski definition) is 1. The van der Waals surface area contributed by atoms with Crippen LogP contribution in [-0.2, 0) is 16.3 Å². The van der Waals surface area contributed by atoms with Gasteiger partial charge < -0.3 is 14.7 Å². The van der Waals surface area contributed by atoms with E-state index in [1.54, 1.807) is 18.6 Å². The summed E-state index contributed by atoms with van der Waals surface area (Å²) in [5.41, 5.74) is 2.53. The molecule has 1 aliphatic rings. The van der Waals surface area contributed by atoms with Crippen molar-refractivity contribution < 1.29 is 19.5 Å². The molecule has 2 heterocycles. The Bertz CT molecular complexity index is 1230. The van der Waals surface area contributed by atoms with Crippen LogP contribution >= 0.6 is 15.9 Å². The van der Waals surface area contributed by atoms with Crippen LogP contribution in [0.4, 0.5) is 5.69 Å². The molecule has 0 atom stereocenters. The number of rotatable bonds is 8. The van der Waals surface area contributed by atoms with Gasteiger partial charge in [0, 0.05) is 9.86 Å². The molecule has 0 unspecified atom stereocenters. The van der Waals surface area contributed by atoms with Gasteiger partial charge in [-0.3, -0.25) is 14.3 Å². The highest BCUT2D eigenvalue weighted by Crippen LogP contribution is 2.40. The molecule has 0 saturated carbocycles. The third kappa shape index (κ3) is 5.45. The second-order valence-electron chi connectivity index (χ2n) is 8.00. The van der Waals surface area contributed by atoms with E-state index in [1.165, 1.54) is 0 Å². The summed E-state index contributed by atoms with van der Waals surface area (Å²) in [7, 11) is 1.60. The number of likely N-dealkylation sites (tertiary alicyclic amines) is 1. The Morgan fingerprint density at radius 2 is 1.88 bits per heavy atom. The van der Waals surface area contributed by atoms with Crippen LogP contribution < -0.4 is 4.74 Å². The van der Waals surface area contributed by atoms with Crippen molar-refractivity contribution in [3.63, 3.8) is 0 Å². The molecule has 1 N–H and O–H groups in total. The fourth-order valence-electron chi connectivity index (χ4n) is 3.87. The van der Waals surface area contributed by atoms with Gasteiger partial charge in [-0.25, -0.2) is 0 Å². The molecule has 178 valence electrons. The lowest BCUT2D eigenvalue weighted by molar-refractivity contribution is -0.122. The minimum atomic E-state index is -0.610. The van der Waals surface area contributed by atoms with Crippen LogP contribution in [0.5, 0.6) is 11.6 Å². The van der Waals surface area contributed by atoms with Crippen molar-refractivity contribution in [3.05, 3.63) is 52.5 Å². The van der Waals surface area contributed by atoms with Crippen LogP contribution in [0.1, 0.15) is 25.3 Å². The maximum Gasteiger partial charge on any atom is 0.304 e. The quantitative estimate of drug-likeness (QED) is 0.245. The van der Waals surface area contributed by atoms with E-state index in [4.69, 9.17) is 9.57 Å². The first-order chi connectivity index (χ1) is 16.5. The van der Waals surface area contributed by atoms with Gasteiger partial charge >= 0.3 is 5.91 Å². The molecule has 4 rings (SSSR count). The first-order valence-corrected chi connectivity index (χ1v) is 11.7. The van der Waals surface area contributed by atoms with E-state index >= 15 is 0 Å². The van der Waals surface area contributed by atoms with Gasteiger partial charge in [0.15, 0.2) is 12.3 Å². The third-order valence-corrected chi connectivity index (χ3v) is 6.16.